The van der Waals surface area contributed by atoms with Gasteiger partial charge >= 0.3 is 5.97 Å². The Labute approximate surface area is 111 Å². The third kappa shape index (κ3) is 3.47. The maximum absolute atomic E-state index is 11.8. The van der Waals surface area contributed by atoms with E-state index >= 15 is 0 Å². The average molecular weight is 263 g/mol. The molecule has 3 N–H and O–H groups in total. The molecule has 1 saturated carbocycles. The molecule has 0 heterocycles. The average Bonchev–Trinajstić information content (AvgIpc) is 2.84. The van der Waals surface area contributed by atoms with Crippen molar-refractivity contribution in [3.8, 4) is 5.75 Å². The Hall–Kier alpha value is -2.04. The van der Waals surface area contributed by atoms with Gasteiger partial charge in [-0.2, -0.15) is 0 Å². The number of carbonyl (C=O) groups is 2. The molecule has 2 rings (SSSR count). The van der Waals surface area contributed by atoms with Crippen molar-refractivity contribution < 1.29 is 19.8 Å². The number of aromatic hydroxyl groups is 1. The van der Waals surface area contributed by atoms with Gasteiger partial charge in [0.2, 0.25) is 5.91 Å². The maximum atomic E-state index is 11.8. The molecule has 0 aliphatic heterocycles. The van der Waals surface area contributed by atoms with Crippen LogP contribution in [0.1, 0.15) is 42.5 Å². The first kappa shape index (κ1) is 13.4. The Balaban J connectivity index is 2.00. The normalized spacial score (nSPS) is 15.4. The number of phenols is 1. The number of carboxylic acids is 1. The summed E-state index contributed by atoms with van der Waals surface area (Å²) < 4.78 is 0. The summed E-state index contributed by atoms with van der Waals surface area (Å²) in [5, 5.41) is 20.9. The molecular weight excluding hydrogens is 246 g/mol. The van der Waals surface area contributed by atoms with Crippen LogP contribution < -0.4 is 5.32 Å². The second-order valence-corrected chi connectivity index (χ2v) is 4.94. The molecule has 0 atom stereocenters. The standard InChI is InChI=1S/C14H17NO4/c16-12-6-5-10(8-11(12)14(18)19)15-13(17)7-9-3-1-2-4-9/h5-6,8-9,16H,1-4,7H2,(H,15,17)(H,18,19). The highest BCUT2D eigenvalue weighted by Crippen LogP contribution is 2.28. The Morgan fingerprint density at radius 1 is 1.26 bits per heavy atom. The minimum Gasteiger partial charge on any atom is -0.507 e. The number of carbonyl (C=O) groups excluding carboxylic acids is 1. The van der Waals surface area contributed by atoms with Crippen molar-refractivity contribution in [1.29, 1.82) is 0 Å². The van der Waals surface area contributed by atoms with Gasteiger partial charge in [-0.15, -0.1) is 0 Å². The lowest BCUT2D eigenvalue weighted by Gasteiger charge is -2.10. The summed E-state index contributed by atoms with van der Waals surface area (Å²) in [6.45, 7) is 0. The summed E-state index contributed by atoms with van der Waals surface area (Å²) in [6.07, 6.45) is 5.01. The number of carboxylic acid groups (broad SMARTS) is 1. The van der Waals surface area contributed by atoms with Gasteiger partial charge in [0.1, 0.15) is 11.3 Å². The SMILES string of the molecule is O=C(CC1CCCC1)Nc1ccc(O)c(C(=O)O)c1. The quantitative estimate of drug-likeness (QED) is 0.729. The zero-order valence-corrected chi connectivity index (χ0v) is 10.6. The summed E-state index contributed by atoms with van der Waals surface area (Å²) >= 11 is 0. The van der Waals surface area contributed by atoms with E-state index in [1.54, 1.807) is 0 Å². The molecule has 0 unspecified atom stereocenters. The first-order chi connectivity index (χ1) is 9.06. The van der Waals surface area contributed by atoms with E-state index in [2.05, 4.69) is 5.32 Å². The predicted molar refractivity (Wildman–Crippen MR) is 70.3 cm³/mol. The second-order valence-electron chi connectivity index (χ2n) is 4.94. The van der Waals surface area contributed by atoms with Gasteiger partial charge in [-0.3, -0.25) is 4.79 Å². The minimum absolute atomic E-state index is 0.103. The van der Waals surface area contributed by atoms with Gasteiger partial charge in [-0.1, -0.05) is 12.8 Å². The van der Waals surface area contributed by atoms with E-state index in [-0.39, 0.29) is 17.2 Å². The summed E-state index contributed by atoms with van der Waals surface area (Å²) in [7, 11) is 0. The number of hydrogen-bond donors (Lipinski definition) is 3. The van der Waals surface area contributed by atoms with Gasteiger partial charge in [-0.25, -0.2) is 4.79 Å². The van der Waals surface area contributed by atoms with E-state index in [4.69, 9.17) is 5.11 Å². The summed E-state index contributed by atoms with van der Waals surface area (Å²) in [6, 6.07) is 4.03. The predicted octanol–water partition coefficient (Wildman–Crippen LogP) is 2.61. The molecule has 19 heavy (non-hydrogen) atoms. The molecular formula is C14H17NO4. The summed E-state index contributed by atoms with van der Waals surface area (Å²) in [5.74, 6) is -1.18. The van der Waals surface area contributed by atoms with E-state index in [1.165, 1.54) is 31.0 Å². The minimum atomic E-state index is -1.22. The van der Waals surface area contributed by atoms with Crippen molar-refractivity contribution in [2.45, 2.75) is 32.1 Å². The van der Waals surface area contributed by atoms with E-state index < -0.39 is 5.97 Å². The molecule has 5 heteroatoms. The van der Waals surface area contributed by atoms with Crippen LogP contribution in [0.4, 0.5) is 5.69 Å². The molecule has 1 fully saturated rings. The second kappa shape index (κ2) is 5.73. The van der Waals surface area contributed by atoms with E-state index in [1.807, 2.05) is 0 Å². The Morgan fingerprint density at radius 2 is 1.95 bits per heavy atom. The molecule has 0 aromatic heterocycles. The van der Waals surface area contributed by atoms with E-state index in [9.17, 15) is 14.7 Å². The van der Waals surface area contributed by atoms with E-state index in [0.717, 1.165) is 12.8 Å². The summed E-state index contributed by atoms with van der Waals surface area (Å²) in [4.78, 5) is 22.7. The number of amides is 1. The highest BCUT2D eigenvalue weighted by atomic mass is 16.4. The van der Waals surface area contributed by atoms with Gasteiger partial charge < -0.3 is 15.5 Å². The Bertz CT molecular complexity index is 492. The van der Waals surface area contributed by atoms with Crippen molar-refractivity contribution in [2.24, 2.45) is 5.92 Å². The zero-order valence-electron chi connectivity index (χ0n) is 10.6. The number of aromatic carboxylic acids is 1. The molecule has 102 valence electrons. The van der Waals surface area contributed by atoms with Crippen LogP contribution in [0.5, 0.6) is 5.75 Å². The molecule has 0 radical (unpaired) electrons. The van der Waals surface area contributed by atoms with Crippen molar-refractivity contribution in [3.05, 3.63) is 23.8 Å². The molecule has 1 aliphatic carbocycles. The number of anilines is 1. The van der Waals surface area contributed by atoms with Crippen molar-refractivity contribution in [3.63, 3.8) is 0 Å². The van der Waals surface area contributed by atoms with Gasteiger partial charge in [-0.05, 0) is 37.0 Å². The van der Waals surface area contributed by atoms with Gasteiger partial charge in [0.15, 0.2) is 0 Å². The Kier molecular flexibility index (Phi) is 4.04. The number of rotatable bonds is 4. The van der Waals surface area contributed by atoms with Crippen LogP contribution in [0.25, 0.3) is 0 Å². The van der Waals surface area contributed by atoms with E-state index in [0.29, 0.717) is 18.0 Å². The lowest BCUT2D eigenvalue weighted by atomic mass is 10.0. The van der Waals surface area contributed by atoms with Gasteiger partial charge in [0.25, 0.3) is 0 Å². The zero-order chi connectivity index (χ0) is 13.8. The van der Waals surface area contributed by atoms with Crippen molar-refractivity contribution in [1.82, 2.24) is 0 Å². The number of hydrogen-bond acceptors (Lipinski definition) is 3. The topological polar surface area (TPSA) is 86.6 Å². The number of nitrogens with one attached hydrogen (secondary N) is 1. The highest BCUT2D eigenvalue weighted by Gasteiger charge is 2.19. The van der Waals surface area contributed by atoms with Gasteiger partial charge in [0.05, 0.1) is 0 Å². The van der Waals surface area contributed by atoms with Crippen molar-refractivity contribution >= 4 is 17.6 Å². The van der Waals surface area contributed by atoms with Crippen LogP contribution in [0.3, 0.4) is 0 Å². The fourth-order valence-electron chi connectivity index (χ4n) is 2.47. The van der Waals surface area contributed by atoms with Crippen LogP contribution in [0.15, 0.2) is 18.2 Å². The first-order valence-electron chi connectivity index (χ1n) is 6.42. The molecule has 1 amide bonds. The van der Waals surface area contributed by atoms with Crippen molar-refractivity contribution in [2.75, 3.05) is 5.32 Å². The molecule has 0 bridgehead atoms. The largest absolute Gasteiger partial charge is 0.507 e. The van der Waals surface area contributed by atoms with Crippen LogP contribution in [-0.2, 0) is 4.79 Å². The molecule has 1 aliphatic rings. The molecule has 1 aromatic rings. The van der Waals surface area contributed by atoms with Crippen LogP contribution >= 0.6 is 0 Å². The van der Waals surface area contributed by atoms with Crippen LogP contribution in [-0.4, -0.2) is 22.1 Å². The highest BCUT2D eigenvalue weighted by molar-refractivity contribution is 5.95. The number of benzene rings is 1. The lowest BCUT2D eigenvalue weighted by Crippen LogP contribution is -2.15. The molecule has 0 saturated heterocycles. The smallest absolute Gasteiger partial charge is 0.339 e. The van der Waals surface area contributed by atoms with Gasteiger partial charge in [0, 0.05) is 12.1 Å². The summed E-state index contributed by atoms with van der Waals surface area (Å²) in [5.41, 5.74) is 0.192. The lowest BCUT2D eigenvalue weighted by molar-refractivity contribution is -0.117. The molecule has 0 spiro atoms. The first-order valence-corrected chi connectivity index (χ1v) is 6.42. The molecule has 5 nitrogen and oxygen atoms in total. The maximum Gasteiger partial charge on any atom is 0.339 e. The molecule has 1 aromatic carbocycles. The fraction of sp³-hybridized carbons (Fsp3) is 0.429. The van der Waals surface area contributed by atoms with Crippen LogP contribution in [0, 0.1) is 5.92 Å². The Morgan fingerprint density at radius 3 is 2.58 bits per heavy atom. The van der Waals surface area contributed by atoms with Crippen LogP contribution in [0.2, 0.25) is 0 Å². The third-order valence-corrected chi connectivity index (χ3v) is 3.46. The third-order valence-electron chi connectivity index (χ3n) is 3.46. The monoisotopic (exact) mass is 263 g/mol. The fourth-order valence-corrected chi connectivity index (χ4v) is 2.47.